The summed E-state index contributed by atoms with van der Waals surface area (Å²) in [7, 11) is 0. The Morgan fingerprint density at radius 3 is 2.68 bits per heavy atom. The van der Waals surface area contributed by atoms with Crippen molar-refractivity contribution < 1.29 is 9.53 Å². The molecule has 2 heteroatoms. The third-order valence-electron chi connectivity index (χ3n) is 5.98. The summed E-state index contributed by atoms with van der Waals surface area (Å²) in [5.41, 5.74) is 3.68. The summed E-state index contributed by atoms with van der Waals surface area (Å²) in [4.78, 5) is 11.4. The Morgan fingerprint density at radius 2 is 2.05 bits per heavy atom. The van der Waals surface area contributed by atoms with Gasteiger partial charge in [-0.25, -0.2) is 0 Å². The first-order chi connectivity index (χ1) is 8.84. The summed E-state index contributed by atoms with van der Waals surface area (Å²) in [6.07, 6.45) is 3.78. The normalized spacial score (nSPS) is 43.3. The van der Waals surface area contributed by atoms with Gasteiger partial charge in [0.1, 0.15) is 6.10 Å². The first-order valence-electron chi connectivity index (χ1n) is 7.70. The molecule has 5 atom stereocenters. The molecule has 106 valence electrons. The summed E-state index contributed by atoms with van der Waals surface area (Å²) >= 11 is 0. The second kappa shape index (κ2) is 4.10. The van der Waals surface area contributed by atoms with Crippen molar-refractivity contribution in [2.75, 3.05) is 0 Å². The summed E-state index contributed by atoms with van der Waals surface area (Å²) in [6.45, 7) is 10.9. The summed E-state index contributed by atoms with van der Waals surface area (Å²) in [5, 5.41) is 0. The zero-order chi connectivity index (χ0) is 13.9. The van der Waals surface area contributed by atoms with E-state index >= 15 is 0 Å². The molecule has 2 saturated carbocycles. The van der Waals surface area contributed by atoms with E-state index in [1.165, 1.54) is 12.8 Å². The van der Waals surface area contributed by atoms with Crippen molar-refractivity contribution in [3.8, 4) is 0 Å². The van der Waals surface area contributed by atoms with Gasteiger partial charge in [0.15, 0.2) is 0 Å². The minimum absolute atomic E-state index is 0.114. The van der Waals surface area contributed by atoms with Crippen LogP contribution in [0.5, 0.6) is 0 Å². The third-order valence-corrected chi connectivity index (χ3v) is 5.98. The van der Waals surface area contributed by atoms with Crippen molar-refractivity contribution in [3.63, 3.8) is 0 Å². The Hall–Kier alpha value is -0.790. The average Bonchev–Trinajstić information content (AvgIpc) is 2.68. The second-order valence-electron chi connectivity index (χ2n) is 7.57. The molecule has 0 aliphatic heterocycles. The van der Waals surface area contributed by atoms with Crippen LogP contribution in [0.4, 0.5) is 0 Å². The standard InChI is InChI=1S/C17H26O2/c1-9-6-7-12-10(2)8-13(19-11(3)18)15-16(14(9)12)17(15,4)5/h10,12-13,15-16H,6-8H2,1-5H3. The Bertz CT molecular complexity index is 446. The van der Waals surface area contributed by atoms with Gasteiger partial charge in [0, 0.05) is 12.8 Å². The molecule has 5 unspecified atom stereocenters. The van der Waals surface area contributed by atoms with E-state index in [1.807, 2.05) is 0 Å². The molecule has 3 aliphatic rings. The lowest BCUT2D eigenvalue weighted by Crippen LogP contribution is -2.25. The minimum atomic E-state index is -0.114. The predicted octanol–water partition coefficient (Wildman–Crippen LogP) is 3.96. The lowest BCUT2D eigenvalue weighted by Gasteiger charge is -2.26. The molecule has 0 aromatic rings. The molecule has 0 N–H and O–H groups in total. The molecule has 0 aromatic heterocycles. The zero-order valence-corrected chi connectivity index (χ0v) is 12.8. The van der Waals surface area contributed by atoms with Crippen LogP contribution in [0.25, 0.3) is 0 Å². The van der Waals surface area contributed by atoms with Crippen LogP contribution in [0.2, 0.25) is 0 Å². The molecular weight excluding hydrogens is 236 g/mol. The number of allylic oxidation sites excluding steroid dienone is 2. The van der Waals surface area contributed by atoms with Crippen LogP contribution in [0.1, 0.15) is 53.9 Å². The summed E-state index contributed by atoms with van der Waals surface area (Å²) in [5.74, 6) is 2.49. The van der Waals surface area contributed by atoms with Crippen LogP contribution in [0.15, 0.2) is 11.1 Å². The second-order valence-corrected chi connectivity index (χ2v) is 7.57. The molecule has 0 radical (unpaired) electrons. The lowest BCUT2D eigenvalue weighted by atomic mass is 9.82. The Morgan fingerprint density at radius 1 is 1.37 bits per heavy atom. The highest BCUT2D eigenvalue weighted by Gasteiger charge is 2.66. The molecule has 3 rings (SSSR count). The van der Waals surface area contributed by atoms with Gasteiger partial charge in [-0.3, -0.25) is 4.79 Å². The van der Waals surface area contributed by atoms with E-state index in [9.17, 15) is 4.79 Å². The van der Waals surface area contributed by atoms with Gasteiger partial charge in [-0.15, -0.1) is 0 Å². The minimum Gasteiger partial charge on any atom is -0.462 e. The number of esters is 1. The quantitative estimate of drug-likeness (QED) is 0.528. The van der Waals surface area contributed by atoms with Gasteiger partial charge in [0.25, 0.3) is 0 Å². The maximum atomic E-state index is 11.4. The highest BCUT2D eigenvalue weighted by Crippen LogP contribution is 2.69. The highest BCUT2D eigenvalue weighted by molar-refractivity contribution is 5.66. The molecule has 19 heavy (non-hydrogen) atoms. The van der Waals surface area contributed by atoms with E-state index in [0.717, 1.165) is 12.3 Å². The topological polar surface area (TPSA) is 26.3 Å². The number of hydrogen-bond acceptors (Lipinski definition) is 2. The number of carbonyl (C=O) groups excluding carboxylic acids is 1. The fourth-order valence-corrected chi connectivity index (χ4v) is 5.05. The van der Waals surface area contributed by atoms with Gasteiger partial charge in [0.05, 0.1) is 0 Å². The number of carbonyl (C=O) groups is 1. The molecule has 0 amide bonds. The lowest BCUT2D eigenvalue weighted by molar-refractivity contribution is -0.148. The first kappa shape index (κ1) is 13.2. The molecule has 0 spiro atoms. The molecule has 0 bridgehead atoms. The predicted molar refractivity (Wildman–Crippen MR) is 75.5 cm³/mol. The van der Waals surface area contributed by atoms with Crippen LogP contribution < -0.4 is 0 Å². The third kappa shape index (κ3) is 1.86. The average molecular weight is 262 g/mol. The number of hydrogen-bond donors (Lipinski definition) is 0. The number of fused-ring (bicyclic) bond motifs is 3. The monoisotopic (exact) mass is 262 g/mol. The zero-order valence-electron chi connectivity index (χ0n) is 12.8. The summed E-state index contributed by atoms with van der Waals surface area (Å²) < 4.78 is 5.67. The molecule has 0 saturated heterocycles. The highest BCUT2D eigenvalue weighted by atomic mass is 16.5. The van der Waals surface area contributed by atoms with E-state index in [-0.39, 0.29) is 12.1 Å². The van der Waals surface area contributed by atoms with Crippen molar-refractivity contribution >= 4 is 5.97 Å². The fourth-order valence-electron chi connectivity index (χ4n) is 5.05. The van der Waals surface area contributed by atoms with Crippen molar-refractivity contribution in [3.05, 3.63) is 11.1 Å². The van der Waals surface area contributed by atoms with Crippen molar-refractivity contribution in [2.24, 2.45) is 29.1 Å². The Labute approximate surface area is 116 Å². The SMILES string of the molecule is CC(=O)OC1CC(C)C2CCC(C)=C2C2C1C2(C)C. The van der Waals surface area contributed by atoms with Crippen molar-refractivity contribution in [1.82, 2.24) is 0 Å². The maximum absolute atomic E-state index is 11.4. The smallest absolute Gasteiger partial charge is 0.302 e. The molecule has 2 fully saturated rings. The van der Waals surface area contributed by atoms with E-state index < -0.39 is 0 Å². The van der Waals surface area contributed by atoms with Gasteiger partial charge in [-0.2, -0.15) is 0 Å². The van der Waals surface area contributed by atoms with E-state index in [2.05, 4.69) is 27.7 Å². The van der Waals surface area contributed by atoms with E-state index in [1.54, 1.807) is 18.1 Å². The van der Waals surface area contributed by atoms with E-state index in [0.29, 0.717) is 23.2 Å². The largest absolute Gasteiger partial charge is 0.462 e. The molecular formula is C17H26O2. The van der Waals surface area contributed by atoms with E-state index in [4.69, 9.17) is 4.74 Å². The fraction of sp³-hybridized carbons (Fsp3) is 0.824. The van der Waals surface area contributed by atoms with Gasteiger partial charge >= 0.3 is 5.97 Å². The van der Waals surface area contributed by atoms with Gasteiger partial charge in [-0.1, -0.05) is 31.9 Å². The summed E-state index contributed by atoms with van der Waals surface area (Å²) in [6, 6.07) is 0. The van der Waals surface area contributed by atoms with Gasteiger partial charge in [-0.05, 0) is 49.4 Å². The Kier molecular flexibility index (Phi) is 2.85. The van der Waals surface area contributed by atoms with Crippen LogP contribution in [-0.4, -0.2) is 12.1 Å². The van der Waals surface area contributed by atoms with Crippen molar-refractivity contribution in [2.45, 2.75) is 60.0 Å². The van der Waals surface area contributed by atoms with Crippen LogP contribution in [-0.2, 0) is 9.53 Å². The molecule has 0 heterocycles. The maximum Gasteiger partial charge on any atom is 0.302 e. The number of rotatable bonds is 1. The molecule has 3 aliphatic carbocycles. The van der Waals surface area contributed by atoms with Gasteiger partial charge in [0.2, 0.25) is 0 Å². The Balaban J connectivity index is 1.95. The van der Waals surface area contributed by atoms with Gasteiger partial charge < -0.3 is 4.74 Å². The first-order valence-corrected chi connectivity index (χ1v) is 7.70. The van der Waals surface area contributed by atoms with Crippen LogP contribution in [0.3, 0.4) is 0 Å². The van der Waals surface area contributed by atoms with Crippen molar-refractivity contribution in [1.29, 1.82) is 0 Å². The van der Waals surface area contributed by atoms with Crippen LogP contribution >= 0.6 is 0 Å². The molecule has 2 nitrogen and oxygen atoms in total. The molecule has 0 aromatic carbocycles. The number of ether oxygens (including phenoxy) is 1. The van der Waals surface area contributed by atoms with Crippen LogP contribution in [0, 0.1) is 29.1 Å².